The number of aryl methyl sites for hydroxylation is 1. The van der Waals surface area contributed by atoms with Crippen molar-refractivity contribution in [3.63, 3.8) is 0 Å². The second-order valence-electron chi connectivity index (χ2n) is 4.57. The first kappa shape index (κ1) is 12.0. The van der Waals surface area contributed by atoms with Crippen LogP contribution < -0.4 is 5.32 Å². The quantitative estimate of drug-likeness (QED) is 0.873. The van der Waals surface area contributed by atoms with E-state index >= 15 is 0 Å². The molecule has 1 aliphatic rings. The molecule has 0 bridgehead atoms. The van der Waals surface area contributed by atoms with Crippen molar-refractivity contribution in [2.24, 2.45) is 13.0 Å². The molecule has 1 atom stereocenters. The fourth-order valence-electron chi connectivity index (χ4n) is 2.01. The van der Waals surface area contributed by atoms with Crippen LogP contribution in [-0.4, -0.2) is 21.5 Å². The number of aromatic nitrogens is 3. The number of halogens is 1. The lowest BCUT2D eigenvalue weighted by molar-refractivity contribution is 0.445. The van der Waals surface area contributed by atoms with E-state index in [2.05, 4.69) is 38.5 Å². The van der Waals surface area contributed by atoms with Crippen LogP contribution in [-0.2, 0) is 7.05 Å². The van der Waals surface area contributed by atoms with Crippen LogP contribution in [0.5, 0.6) is 0 Å². The average molecular weight is 287 g/mol. The molecule has 1 unspecified atom stereocenters. The van der Waals surface area contributed by atoms with E-state index in [1.54, 1.807) is 0 Å². The summed E-state index contributed by atoms with van der Waals surface area (Å²) in [5.41, 5.74) is 1.18. The summed E-state index contributed by atoms with van der Waals surface area (Å²) in [5.74, 6) is 0.899. The van der Waals surface area contributed by atoms with Crippen LogP contribution in [0.2, 0.25) is 0 Å². The molecule has 1 N–H and O–H groups in total. The van der Waals surface area contributed by atoms with Gasteiger partial charge in [0.05, 0.1) is 11.7 Å². The Balaban J connectivity index is 2.09. The van der Waals surface area contributed by atoms with E-state index in [1.807, 2.05) is 11.7 Å². The molecule has 1 aromatic rings. The first-order valence-corrected chi connectivity index (χ1v) is 6.80. The molecule has 0 spiro atoms. The highest BCUT2D eigenvalue weighted by Crippen LogP contribution is 2.38. The Hall–Kier alpha value is -0.420. The van der Waals surface area contributed by atoms with Gasteiger partial charge >= 0.3 is 0 Å². The van der Waals surface area contributed by atoms with Crippen molar-refractivity contribution in [3.8, 4) is 0 Å². The van der Waals surface area contributed by atoms with Gasteiger partial charge in [0.25, 0.3) is 0 Å². The highest BCUT2D eigenvalue weighted by Gasteiger charge is 2.28. The van der Waals surface area contributed by atoms with E-state index < -0.39 is 0 Å². The maximum absolute atomic E-state index is 4.06. The topological polar surface area (TPSA) is 42.7 Å². The first-order valence-electron chi connectivity index (χ1n) is 6.00. The van der Waals surface area contributed by atoms with Crippen molar-refractivity contribution in [2.75, 3.05) is 6.54 Å². The smallest absolute Gasteiger partial charge is 0.153 e. The summed E-state index contributed by atoms with van der Waals surface area (Å²) in [4.78, 5) is 0. The third-order valence-electron chi connectivity index (χ3n) is 3.06. The Labute approximate surface area is 105 Å². The number of rotatable bonds is 6. The van der Waals surface area contributed by atoms with E-state index in [1.165, 1.54) is 25.0 Å². The van der Waals surface area contributed by atoms with Crippen molar-refractivity contribution >= 4 is 15.9 Å². The van der Waals surface area contributed by atoms with E-state index in [0.717, 1.165) is 23.5 Å². The van der Waals surface area contributed by atoms with Gasteiger partial charge in [-0.05, 0) is 41.2 Å². The predicted octanol–water partition coefficient (Wildman–Crippen LogP) is 2.42. The van der Waals surface area contributed by atoms with E-state index in [0.29, 0.717) is 6.04 Å². The summed E-state index contributed by atoms with van der Waals surface area (Å²) in [6.07, 6.45) is 5.13. The maximum Gasteiger partial charge on any atom is 0.153 e. The second kappa shape index (κ2) is 5.27. The lowest BCUT2D eigenvalue weighted by Gasteiger charge is -2.18. The van der Waals surface area contributed by atoms with Gasteiger partial charge in [0.1, 0.15) is 0 Å². The highest BCUT2D eigenvalue weighted by molar-refractivity contribution is 9.10. The Morgan fingerprint density at radius 2 is 2.31 bits per heavy atom. The van der Waals surface area contributed by atoms with Crippen molar-refractivity contribution in [1.82, 2.24) is 20.3 Å². The summed E-state index contributed by atoms with van der Waals surface area (Å²) in [6, 6.07) is 0.391. The Kier molecular flexibility index (Phi) is 3.97. The second-order valence-corrected chi connectivity index (χ2v) is 5.33. The molecule has 1 fully saturated rings. The molecule has 0 saturated heterocycles. The Bertz CT molecular complexity index is 326. The Morgan fingerprint density at radius 3 is 2.81 bits per heavy atom. The molecule has 90 valence electrons. The van der Waals surface area contributed by atoms with Gasteiger partial charge in [-0.2, -0.15) is 0 Å². The van der Waals surface area contributed by atoms with Gasteiger partial charge in [-0.15, -0.1) is 5.10 Å². The molecule has 4 nitrogen and oxygen atoms in total. The zero-order chi connectivity index (χ0) is 11.5. The van der Waals surface area contributed by atoms with Gasteiger partial charge in [0, 0.05) is 7.05 Å². The van der Waals surface area contributed by atoms with E-state index in [-0.39, 0.29) is 0 Å². The van der Waals surface area contributed by atoms with Crippen LogP contribution in [0.4, 0.5) is 0 Å². The lowest BCUT2D eigenvalue weighted by atomic mass is 10.1. The summed E-state index contributed by atoms with van der Waals surface area (Å²) in [6.45, 7) is 3.24. The van der Waals surface area contributed by atoms with Gasteiger partial charge in [0.15, 0.2) is 4.60 Å². The molecule has 0 aliphatic heterocycles. The standard InChI is InChI=1S/C11H19BrN4/c1-3-6-13-9(7-8-4-5-8)10-11(12)14-15-16(10)2/h8-9,13H,3-7H2,1-2H3. The van der Waals surface area contributed by atoms with Crippen LogP contribution >= 0.6 is 15.9 Å². The van der Waals surface area contributed by atoms with Crippen molar-refractivity contribution in [2.45, 2.75) is 38.6 Å². The number of hydrogen-bond acceptors (Lipinski definition) is 3. The molecular weight excluding hydrogens is 268 g/mol. The molecule has 5 heteroatoms. The maximum atomic E-state index is 4.06. The minimum Gasteiger partial charge on any atom is -0.309 e. The van der Waals surface area contributed by atoms with Crippen LogP contribution in [0.1, 0.15) is 44.3 Å². The number of hydrogen-bond donors (Lipinski definition) is 1. The molecule has 0 aromatic carbocycles. The fraction of sp³-hybridized carbons (Fsp3) is 0.818. The fourth-order valence-corrected chi connectivity index (χ4v) is 2.61. The van der Waals surface area contributed by atoms with Gasteiger partial charge in [-0.1, -0.05) is 25.0 Å². The van der Waals surface area contributed by atoms with Crippen LogP contribution in [0.25, 0.3) is 0 Å². The molecule has 2 rings (SSSR count). The Morgan fingerprint density at radius 1 is 1.56 bits per heavy atom. The van der Waals surface area contributed by atoms with Gasteiger partial charge in [-0.3, -0.25) is 0 Å². The van der Waals surface area contributed by atoms with E-state index in [4.69, 9.17) is 0 Å². The minimum atomic E-state index is 0.391. The number of nitrogens with zero attached hydrogens (tertiary/aromatic N) is 3. The van der Waals surface area contributed by atoms with Gasteiger partial charge in [0.2, 0.25) is 0 Å². The average Bonchev–Trinajstić information content (AvgIpc) is 3.01. The third kappa shape index (κ3) is 2.83. The summed E-state index contributed by atoms with van der Waals surface area (Å²) in [5, 5.41) is 11.7. The normalized spacial score (nSPS) is 17.7. The van der Waals surface area contributed by atoms with Crippen molar-refractivity contribution < 1.29 is 0 Å². The summed E-state index contributed by atoms with van der Waals surface area (Å²) < 4.78 is 2.75. The van der Waals surface area contributed by atoms with E-state index in [9.17, 15) is 0 Å². The van der Waals surface area contributed by atoms with Crippen molar-refractivity contribution in [1.29, 1.82) is 0 Å². The first-order chi connectivity index (χ1) is 7.72. The van der Waals surface area contributed by atoms with Gasteiger partial charge < -0.3 is 5.32 Å². The van der Waals surface area contributed by atoms with Crippen molar-refractivity contribution in [3.05, 3.63) is 10.3 Å². The molecule has 0 amide bonds. The molecular formula is C11H19BrN4. The minimum absolute atomic E-state index is 0.391. The molecule has 1 saturated carbocycles. The largest absolute Gasteiger partial charge is 0.309 e. The molecule has 0 radical (unpaired) electrons. The molecule has 1 aliphatic carbocycles. The van der Waals surface area contributed by atoms with Crippen LogP contribution in [0.3, 0.4) is 0 Å². The summed E-state index contributed by atoms with van der Waals surface area (Å²) in [7, 11) is 1.96. The third-order valence-corrected chi connectivity index (χ3v) is 3.63. The van der Waals surface area contributed by atoms with Crippen LogP contribution in [0.15, 0.2) is 4.60 Å². The zero-order valence-corrected chi connectivity index (χ0v) is 11.5. The highest BCUT2D eigenvalue weighted by atomic mass is 79.9. The monoisotopic (exact) mass is 286 g/mol. The number of nitrogens with one attached hydrogen (secondary N) is 1. The lowest BCUT2D eigenvalue weighted by Crippen LogP contribution is -2.25. The predicted molar refractivity (Wildman–Crippen MR) is 67.1 cm³/mol. The molecule has 1 heterocycles. The molecule has 1 aromatic heterocycles. The van der Waals surface area contributed by atoms with Gasteiger partial charge in [-0.25, -0.2) is 4.68 Å². The SMILES string of the molecule is CCCNC(CC1CC1)c1c(Br)nnn1C. The molecule has 16 heavy (non-hydrogen) atoms. The summed E-state index contributed by atoms with van der Waals surface area (Å²) >= 11 is 3.49. The zero-order valence-electron chi connectivity index (χ0n) is 9.91. The van der Waals surface area contributed by atoms with Crippen LogP contribution in [0, 0.1) is 5.92 Å².